The van der Waals surface area contributed by atoms with Crippen LogP contribution >= 0.6 is 0 Å². The second-order valence-corrected chi connectivity index (χ2v) is 6.26. The molecule has 0 N–H and O–H groups in total. The molecule has 0 spiro atoms. The first-order valence-corrected chi connectivity index (χ1v) is 9.62. The number of esters is 2. The van der Waals surface area contributed by atoms with Crippen LogP contribution in [0.3, 0.4) is 0 Å². The molecule has 0 aliphatic heterocycles. The van der Waals surface area contributed by atoms with E-state index >= 15 is 0 Å². The van der Waals surface area contributed by atoms with Gasteiger partial charge in [-0.15, -0.1) is 0 Å². The number of carbonyl (C=O) groups is 2. The largest absolute Gasteiger partial charge is 0.462 e. The van der Waals surface area contributed by atoms with Crippen molar-refractivity contribution >= 4 is 11.9 Å². The molecule has 140 valence electrons. The molecule has 1 aliphatic rings. The Labute approximate surface area is 152 Å². The number of rotatable bonds is 12. The predicted octanol–water partition coefficient (Wildman–Crippen LogP) is 5.05. The van der Waals surface area contributed by atoms with E-state index in [1.165, 1.54) is 0 Å². The maximum absolute atomic E-state index is 12.3. The summed E-state index contributed by atoms with van der Waals surface area (Å²) in [5, 5.41) is 0. The molecule has 0 aromatic carbocycles. The van der Waals surface area contributed by atoms with Crippen molar-refractivity contribution < 1.29 is 19.1 Å². The van der Waals surface area contributed by atoms with Crippen LogP contribution in [0.15, 0.2) is 35.5 Å². The molecule has 0 saturated carbocycles. The van der Waals surface area contributed by atoms with Crippen molar-refractivity contribution in [2.24, 2.45) is 0 Å². The number of ether oxygens (including phenoxy) is 2. The SMILES string of the molecule is CCCCCCOC(=O)C1=CC=CCC=C1C(=O)OCCCCCC. The number of unbranched alkanes of at least 4 members (excludes halogenated alkanes) is 6. The van der Waals surface area contributed by atoms with Gasteiger partial charge in [-0.3, -0.25) is 0 Å². The van der Waals surface area contributed by atoms with Crippen LogP contribution in [-0.2, 0) is 19.1 Å². The van der Waals surface area contributed by atoms with Crippen molar-refractivity contribution in [1.29, 1.82) is 0 Å². The Morgan fingerprint density at radius 2 is 1.40 bits per heavy atom. The zero-order chi connectivity index (χ0) is 18.3. The van der Waals surface area contributed by atoms with Gasteiger partial charge in [0.25, 0.3) is 0 Å². The van der Waals surface area contributed by atoms with E-state index in [9.17, 15) is 9.59 Å². The fourth-order valence-corrected chi connectivity index (χ4v) is 2.54. The van der Waals surface area contributed by atoms with Gasteiger partial charge >= 0.3 is 11.9 Å². The van der Waals surface area contributed by atoms with E-state index in [1.54, 1.807) is 18.2 Å². The van der Waals surface area contributed by atoms with Crippen molar-refractivity contribution in [1.82, 2.24) is 0 Å². The van der Waals surface area contributed by atoms with E-state index in [1.807, 2.05) is 6.08 Å². The minimum Gasteiger partial charge on any atom is -0.462 e. The fourth-order valence-electron chi connectivity index (χ4n) is 2.54. The summed E-state index contributed by atoms with van der Waals surface area (Å²) in [4.78, 5) is 24.7. The van der Waals surface area contributed by atoms with Gasteiger partial charge in [0.2, 0.25) is 0 Å². The maximum Gasteiger partial charge on any atom is 0.338 e. The van der Waals surface area contributed by atoms with Crippen molar-refractivity contribution in [3.8, 4) is 0 Å². The zero-order valence-corrected chi connectivity index (χ0v) is 15.7. The molecule has 4 heteroatoms. The number of allylic oxidation sites excluding steroid dienone is 4. The molecule has 0 radical (unpaired) electrons. The van der Waals surface area contributed by atoms with Gasteiger partial charge in [-0.05, 0) is 25.3 Å². The van der Waals surface area contributed by atoms with E-state index in [0.717, 1.165) is 51.4 Å². The lowest BCUT2D eigenvalue weighted by molar-refractivity contribution is -0.142. The Morgan fingerprint density at radius 3 is 1.96 bits per heavy atom. The Balaban J connectivity index is 2.53. The lowest BCUT2D eigenvalue weighted by Gasteiger charge is -2.11. The third kappa shape index (κ3) is 8.71. The molecular weight excluding hydrogens is 316 g/mol. The van der Waals surface area contributed by atoms with Crippen molar-refractivity contribution in [2.75, 3.05) is 13.2 Å². The van der Waals surface area contributed by atoms with E-state index in [-0.39, 0.29) is 0 Å². The molecule has 4 nitrogen and oxygen atoms in total. The van der Waals surface area contributed by atoms with Crippen molar-refractivity contribution in [3.63, 3.8) is 0 Å². The van der Waals surface area contributed by atoms with E-state index in [4.69, 9.17) is 9.47 Å². The van der Waals surface area contributed by atoms with Crippen LogP contribution in [0.1, 0.15) is 71.6 Å². The number of hydrogen-bond donors (Lipinski definition) is 0. The molecular formula is C21H32O4. The summed E-state index contributed by atoms with van der Waals surface area (Å²) in [6, 6.07) is 0. The molecule has 0 aromatic rings. The fraction of sp³-hybridized carbons (Fsp3) is 0.619. The second-order valence-electron chi connectivity index (χ2n) is 6.26. The molecule has 0 saturated heterocycles. The summed E-state index contributed by atoms with van der Waals surface area (Å²) in [5.74, 6) is -0.883. The Kier molecular flexibility index (Phi) is 11.4. The predicted molar refractivity (Wildman–Crippen MR) is 100 cm³/mol. The molecule has 1 rings (SSSR count). The third-order valence-corrected chi connectivity index (χ3v) is 4.05. The molecule has 0 amide bonds. The van der Waals surface area contributed by atoms with Crippen LogP contribution in [0, 0.1) is 0 Å². The number of hydrogen-bond acceptors (Lipinski definition) is 4. The first kappa shape index (κ1) is 21.2. The van der Waals surface area contributed by atoms with Crippen LogP contribution in [0.25, 0.3) is 0 Å². The van der Waals surface area contributed by atoms with Crippen LogP contribution in [0.5, 0.6) is 0 Å². The Morgan fingerprint density at radius 1 is 0.840 bits per heavy atom. The van der Waals surface area contributed by atoms with Gasteiger partial charge < -0.3 is 9.47 Å². The normalized spacial score (nSPS) is 13.7. The topological polar surface area (TPSA) is 52.6 Å². The third-order valence-electron chi connectivity index (χ3n) is 4.05. The summed E-state index contributed by atoms with van der Waals surface area (Å²) >= 11 is 0. The molecule has 0 heterocycles. The molecule has 1 aliphatic carbocycles. The first-order valence-electron chi connectivity index (χ1n) is 9.62. The Hall–Kier alpha value is -1.84. The average molecular weight is 348 g/mol. The van der Waals surface area contributed by atoms with Gasteiger partial charge in [0, 0.05) is 0 Å². The second kappa shape index (κ2) is 13.5. The summed E-state index contributed by atoms with van der Waals surface area (Å²) in [7, 11) is 0. The van der Waals surface area contributed by atoms with Crippen molar-refractivity contribution in [3.05, 3.63) is 35.5 Å². The first-order chi connectivity index (χ1) is 12.2. The van der Waals surface area contributed by atoms with Crippen molar-refractivity contribution in [2.45, 2.75) is 71.6 Å². The minimum atomic E-state index is -0.447. The zero-order valence-electron chi connectivity index (χ0n) is 15.7. The smallest absolute Gasteiger partial charge is 0.338 e. The van der Waals surface area contributed by atoms with Gasteiger partial charge in [0.1, 0.15) is 0 Å². The highest BCUT2D eigenvalue weighted by Gasteiger charge is 2.23. The summed E-state index contributed by atoms with van der Waals surface area (Å²) < 4.78 is 10.7. The number of carbonyl (C=O) groups excluding carboxylic acids is 2. The van der Waals surface area contributed by atoms with Gasteiger partial charge in [-0.2, -0.15) is 0 Å². The molecule has 0 atom stereocenters. The van der Waals surface area contributed by atoms with Crippen LogP contribution in [0.2, 0.25) is 0 Å². The van der Waals surface area contributed by atoms with Gasteiger partial charge in [0.15, 0.2) is 0 Å². The van der Waals surface area contributed by atoms with Gasteiger partial charge in [-0.25, -0.2) is 9.59 Å². The summed E-state index contributed by atoms with van der Waals surface area (Å²) in [6.45, 7) is 5.06. The molecule has 25 heavy (non-hydrogen) atoms. The monoisotopic (exact) mass is 348 g/mol. The minimum absolute atomic E-state index is 0.294. The highest BCUT2D eigenvalue weighted by molar-refractivity contribution is 6.07. The molecule has 0 unspecified atom stereocenters. The Bertz CT molecular complexity index is 500. The average Bonchev–Trinajstić information content (AvgIpc) is 2.87. The van der Waals surface area contributed by atoms with E-state index in [2.05, 4.69) is 13.8 Å². The van der Waals surface area contributed by atoms with Crippen LogP contribution in [0.4, 0.5) is 0 Å². The van der Waals surface area contributed by atoms with Crippen LogP contribution < -0.4 is 0 Å². The lowest BCUT2D eigenvalue weighted by atomic mass is 10.1. The molecule has 0 aromatic heterocycles. The van der Waals surface area contributed by atoms with Gasteiger partial charge in [-0.1, -0.05) is 70.6 Å². The molecule has 0 fully saturated rings. The lowest BCUT2D eigenvalue weighted by Crippen LogP contribution is -2.18. The van der Waals surface area contributed by atoms with E-state index < -0.39 is 11.9 Å². The molecule has 0 bridgehead atoms. The summed E-state index contributed by atoms with van der Waals surface area (Å²) in [6.07, 6.45) is 16.0. The van der Waals surface area contributed by atoms with E-state index in [0.29, 0.717) is 30.8 Å². The van der Waals surface area contributed by atoms with Crippen LogP contribution in [-0.4, -0.2) is 25.2 Å². The quantitative estimate of drug-likeness (QED) is 0.366. The standard InChI is InChI=1S/C21H32O4/c1-3-5-7-12-16-24-20(22)18-14-10-9-11-15-19(18)21(23)25-17-13-8-6-4-2/h9-10,14-15H,3-8,11-13,16-17H2,1-2H3. The summed E-state index contributed by atoms with van der Waals surface area (Å²) in [5.41, 5.74) is 0.613. The maximum atomic E-state index is 12.3. The highest BCUT2D eigenvalue weighted by atomic mass is 16.5. The van der Waals surface area contributed by atoms with Gasteiger partial charge in [0.05, 0.1) is 24.4 Å². The highest BCUT2D eigenvalue weighted by Crippen LogP contribution is 2.19.